The van der Waals surface area contributed by atoms with Gasteiger partial charge in [0.05, 0.1) is 5.71 Å². The van der Waals surface area contributed by atoms with Crippen molar-refractivity contribution < 1.29 is 14.6 Å². The van der Waals surface area contributed by atoms with Crippen LogP contribution in [0.5, 0.6) is 11.5 Å². The number of hydrogen-bond donors (Lipinski definition) is 2. The van der Waals surface area contributed by atoms with Crippen LogP contribution >= 0.6 is 0 Å². The van der Waals surface area contributed by atoms with Crippen LogP contribution in [-0.4, -0.2) is 23.3 Å². The van der Waals surface area contributed by atoms with Gasteiger partial charge in [0.2, 0.25) is 0 Å². The van der Waals surface area contributed by atoms with Crippen molar-refractivity contribution in [2.24, 2.45) is 5.10 Å². The predicted octanol–water partition coefficient (Wildman–Crippen LogP) is 2.62. The van der Waals surface area contributed by atoms with Gasteiger partial charge in [-0.25, -0.2) is 5.43 Å². The second kappa shape index (κ2) is 7.26. The molecule has 5 heteroatoms. The highest BCUT2D eigenvalue weighted by Crippen LogP contribution is 2.11. The average molecular weight is 298 g/mol. The van der Waals surface area contributed by atoms with Crippen molar-refractivity contribution in [2.75, 3.05) is 6.61 Å². The monoisotopic (exact) mass is 298 g/mol. The van der Waals surface area contributed by atoms with E-state index in [9.17, 15) is 9.90 Å². The zero-order chi connectivity index (χ0) is 15.9. The molecule has 0 saturated heterocycles. The summed E-state index contributed by atoms with van der Waals surface area (Å²) >= 11 is 0. The van der Waals surface area contributed by atoms with E-state index in [1.807, 2.05) is 31.2 Å². The molecule has 0 atom stereocenters. The molecule has 22 heavy (non-hydrogen) atoms. The highest BCUT2D eigenvalue weighted by Gasteiger charge is 2.03. The van der Waals surface area contributed by atoms with Crippen molar-refractivity contribution in [3.63, 3.8) is 0 Å². The predicted molar refractivity (Wildman–Crippen MR) is 85.1 cm³/mol. The molecular weight excluding hydrogens is 280 g/mol. The number of nitrogens with one attached hydrogen (secondary N) is 1. The molecule has 2 aromatic carbocycles. The van der Waals surface area contributed by atoms with E-state index in [0.29, 0.717) is 11.5 Å². The van der Waals surface area contributed by atoms with E-state index in [2.05, 4.69) is 10.5 Å². The minimum atomic E-state index is -0.335. The smallest absolute Gasteiger partial charge is 0.277 e. The van der Waals surface area contributed by atoms with Crippen LogP contribution in [0.1, 0.15) is 18.1 Å². The standard InChI is InChI=1S/C17H18N2O3/c1-12-3-9-16(10-4-12)22-11-17(21)19-18-13(2)14-5-7-15(20)8-6-14/h3-10,20H,11H2,1-2H3,(H,19,21)/b18-13+. The number of aromatic hydroxyl groups is 1. The van der Waals surface area contributed by atoms with Crippen LogP contribution in [0.2, 0.25) is 0 Å². The van der Waals surface area contributed by atoms with Crippen molar-refractivity contribution >= 4 is 11.6 Å². The van der Waals surface area contributed by atoms with Gasteiger partial charge < -0.3 is 9.84 Å². The summed E-state index contributed by atoms with van der Waals surface area (Å²) in [6, 6.07) is 14.0. The number of rotatable bonds is 5. The molecule has 2 N–H and O–H groups in total. The topological polar surface area (TPSA) is 70.9 Å². The molecule has 114 valence electrons. The summed E-state index contributed by atoms with van der Waals surface area (Å²) in [5.41, 5.74) is 5.03. The number of nitrogens with zero attached hydrogens (tertiary/aromatic N) is 1. The van der Waals surface area contributed by atoms with Crippen molar-refractivity contribution in [3.8, 4) is 11.5 Å². The highest BCUT2D eigenvalue weighted by atomic mass is 16.5. The zero-order valence-corrected chi connectivity index (χ0v) is 12.5. The van der Waals surface area contributed by atoms with Crippen LogP contribution < -0.4 is 10.2 Å². The Kier molecular flexibility index (Phi) is 5.14. The summed E-state index contributed by atoms with van der Waals surface area (Å²) in [4.78, 5) is 11.7. The van der Waals surface area contributed by atoms with Gasteiger partial charge in [0.1, 0.15) is 11.5 Å². The Morgan fingerprint density at radius 3 is 2.41 bits per heavy atom. The second-order valence-electron chi connectivity index (χ2n) is 4.88. The number of phenols is 1. The number of hydrogen-bond acceptors (Lipinski definition) is 4. The minimum Gasteiger partial charge on any atom is -0.508 e. The summed E-state index contributed by atoms with van der Waals surface area (Å²) in [5.74, 6) is 0.491. The Hall–Kier alpha value is -2.82. The van der Waals surface area contributed by atoms with Gasteiger partial charge in [-0.3, -0.25) is 4.79 Å². The van der Waals surface area contributed by atoms with Crippen LogP contribution in [0.15, 0.2) is 53.6 Å². The Morgan fingerprint density at radius 2 is 1.77 bits per heavy atom. The molecule has 0 unspecified atom stereocenters. The highest BCUT2D eigenvalue weighted by molar-refractivity contribution is 5.99. The number of phenolic OH excluding ortho intramolecular Hbond substituents is 1. The maximum absolute atomic E-state index is 11.7. The van der Waals surface area contributed by atoms with E-state index in [1.165, 1.54) is 0 Å². The van der Waals surface area contributed by atoms with Gasteiger partial charge in [-0.05, 0) is 55.8 Å². The SMILES string of the molecule is C/C(=N\NC(=O)COc1ccc(C)cc1)c1ccc(O)cc1. The van der Waals surface area contributed by atoms with Gasteiger partial charge in [0, 0.05) is 0 Å². The summed E-state index contributed by atoms with van der Waals surface area (Å²) in [6.45, 7) is 3.65. The first-order chi connectivity index (χ1) is 10.5. The molecule has 0 bridgehead atoms. The number of ether oxygens (including phenoxy) is 1. The lowest BCUT2D eigenvalue weighted by Gasteiger charge is -2.06. The molecule has 0 spiro atoms. The third kappa shape index (κ3) is 4.63. The Balaban J connectivity index is 1.85. The number of amides is 1. The Labute approximate surface area is 129 Å². The summed E-state index contributed by atoms with van der Waals surface area (Å²) in [6.07, 6.45) is 0. The van der Waals surface area contributed by atoms with E-state index < -0.39 is 0 Å². The molecule has 0 aliphatic carbocycles. The van der Waals surface area contributed by atoms with E-state index >= 15 is 0 Å². The Morgan fingerprint density at radius 1 is 1.14 bits per heavy atom. The van der Waals surface area contributed by atoms with Gasteiger partial charge in [-0.2, -0.15) is 5.10 Å². The molecule has 0 aromatic heterocycles. The van der Waals surface area contributed by atoms with E-state index in [4.69, 9.17) is 4.74 Å². The molecule has 2 rings (SSSR count). The maximum atomic E-state index is 11.7. The quantitative estimate of drug-likeness (QED) is 0.658. The van der Waals surface area contributed by atoms with Crippen molar-refractivity contribution in [2.45, 2.75) is 13.8 Å². The molecule has 0 fully saturated rings. The summed E-state index contributed by atoms with van der Waals surface area (Å²) < 4.78 is 5.36. The van der Waals surface area contributed by atoms with Crippen LogP contribution in [0, 0.1) is 6.92 Å². The van der Waals surface area contributed by atoms with E-state index in [0.717, 1.165) is 11.1 Å². The van der Waals surface area contributed by atoms with Gasteiger partial charge >= 0.3 is 0 Å². The average Bonchev–Trinajstić information content (AvgIpc) is 2.52. The lowest BCUT2D eigenvalue weighted by Crippen LogP contribution is -2.25. The first-order valence-corrected chi connectivity index (χ1v) is 6.86. The third-order valence-corrected chi connectivity index (χ3v) is 3.02. The van der Waals surface area contributed by atoms with Crippen LogP contribution in [0.3, 0.4) is 0 Å². The molecule has 0 aliphatic heterocycles. The first kappa shape index (κ1) is 15.6. The van der Waals surface area contributed by atoms with Crippen LogP contribution in [-0.2, 0) is 4.79 Å². The van der Waals surface area contributed by atoms with Crippen LogP contribution in [0.25, 0.3) is 0 Å². The fraction of sp³-hybridized carbons (Fsp3) is 0.176. The van der Waals surface area contributed by atoms with Crippen molar-refractivity contribution in [1.29, 1.82) is 0 Å². The number of hydrazone groups is 1. The summed E-state index contributed by atoms with van der Waals surface area (Å²) in [5, 5.41) is 13.2. The van der Waals surface area contributed by atoms with Gasteiger partial charge in [0.15, 0.2) is 6.61 Å². The molecular formula is C17H18N2O3. The zero-order valence-electron chi connectivity index (χ0n) is 12.5. The van der Waals surface area contributed by atoms with Crippen molar-refractivity contribution in [3.05, 3.63) is 59.7 Å². The Bertz CT molecular complexity index is 661. The number of carbonyl (C=O) groups is 1. The third-order valence-electron chi connectivity index (χ3n) is 3.02. The lowest BCUT2D eigenvalue weighted by molar-refractivity contribution is -0.123. The molecule has 0 radical (unpaired) electrons. The molecule has 0 heterocycles. The molecule has 0 aliphatic rings. The minimum absolute atomic E-state index is 0.102. The second-order valence-corrected chi connectivity index (χ2v) is 4.88. The van der Waals surface area contributed by atoms with E-state index in [-0.39, 0.29) is 18.3 Å². The number of carbonyl (C=O) groups excluding carboxylic acids is 1. The van der Waals surface area contributed by atoms with Crippen molar-refractivity contribution in [1.82, 2.24) is 5.43 Å². The normalized spacial score (nSPS) is 11.1. The van der Waals surface area contributed by atoms with Gasteiger partial charge in [-0.1, -0.05) is 17.7 Å². The molecule has 0 saturated carbocycles. The fourth-order valence-corrected chi connectivity index (χ4v) is 1.73. The van der Waals surface area contributed by atoms with E-state index in [1.54, 1.807) is 31.2 Å². The van der Waals surface area contributed by atoms with Gasteiger partial charge in [0.25, 0.3) is 5.91 Å². The largest absolute Gasteiger partial charge is 0.508 e. The fourth-order valence-electron chi connectivity index (χ4n) is 1.73. The first-order valence-electron chi connectivity index (χ1n) is 6.86. The summed E-state index contributed by atoms with van der Waals surface area (Å²) in [7, 11) is 0. The molecule has 1 amide bonds. The lowest BCUT2D eigenvalue weighted by atomic mass is 10.1. The number of aryl methyl sites for hydroxylation is 1. The molecule has 5 nitrogen and oxygen atoms in total. The maximum Gasteiger partial charge on any atom is 0.277 e. The number of benzene rings is 2. The van der Waals surface area contributed by atoms with Crippen LogP contribution in [0.4, 0.5) is 0 Å². The molecule has 2 aromatic rings. The van der Waals surface area contributed by atoms with Gasteiger partial charge in [-0.15, -0.1) is 0 Å².